The van der Waals surface area contributed by atoms with Gasteiger partial charge in [0, 0.05) is 10.0 Å². The third-order valence-corrected chi connectivity index (χ3v) is 3.40. The molecule has 126 valence electrons. The topological polar surface area (TPSA) is 26.3 Å². The van der Waals surface area contributed by atoms with Crippen LogP contribution in [0.5, 0.6) is 5.75 Å². The van der Waals surface area contributed by atoms with E-state index in [-0.39, 0.29) is 5.78 Å². The zero-order chi connectivity index (χ0) is 17.7. The highest BCUT2D eigenvalue weighted by molar-refractivity contribution is 9.10. The summed E-state index contributed by atoms with van der Waals surface area (Å²) in [4.78, 5) is 12.0. The monoisotopic (exact) mass is 402 g/mol. The van der Waals surface area contributed by atoms with Gasteiger partial charge in [0.1, 0.15) is 5.75 Å². The summed E-state index contributed by atoms with van der Waals surface area (Å²) >= 11 is 3.25. The Morgan fingerprint density at radius 2 is 1.83 bits per heavy atom. The van der Waals surface area contributed by atoms with Crippen LogP contribution in [-0.2, 0) is 0 Å². The molecule has 0 amide bonds. The highest BCUT2D eigenvalue weighted by atomic mass is 79.9. The van der Waals surface area contributed by atoms with Gasteiger partial charge in [-0.15, -0.1) is 0 Å². The Morgan fingerprint density at radius 1 is 1.12 bits per heavy atom. The predicted octanol–water partition coefficient (Wildman–Crippen LogP) is 5.58. The van der Waals surface area contributed by atoms with E-state index < -0.39 is 18.3 Å². The normalized spacial score (nSPS) is 11.9. The van der Waals surface area contributed by atoms with Gasteiger partial charge in [-0.2, -0.15) is 17.6 Å². The first-order valence-corrected chi connectivity index (χ1v) is 7.50. The number of hydrogen-bond acceptors (Lipinski definition) is 2. The first-order valence-electron chi connectivity index (χ1n) is 6.71. The van der Waals surface area contributed by atoms with Gasteiger partial charge >= 0.3 is 12.5 Å². The molecule has 2 rings (SSSR count). The number of allylic oxidation sites excluding steroid dienone is 1. The average molecular weight is 403 g/mol. The minimum atomic E-state index is -4.57. The van der Waals surface area contributed by atoms with Crippen molar-refractivity contribution in [2.45, 2.75) is 12.5 Å². The molecule has 0 aliphatic heterocycles. The van der Waals surface area contributed by atoms with Crippen molar-refractivity contribution in [1.29, 1.82) is 0 Å². The lowest BCUT2D eigenvalue weighted by atomic mass is 10.1. The highest BCUT2D eigenvalue weighted by Crippen LogP contribution is 2.28. The molecule has 24 heavy (non-hydrogen) atoms. The number of carbonyl (C=O) groups excluding carboxylic acids is 1. The van der Waals surface area contributed by atoms with E-state index in [1.807, 2.05) is 0 Å². The van der Waals surface area contributed by atoms with Gasteiger partial charge in [-0.3, -0.25) is 4.79 Å². The number of rotatable bonds is 6. The largest absolute Gasteiger partial charge is 0.461 e. The van der Waals surface area contributed by atoms with Gasteiger partial charge in [0.15, 0.2) is 5.78 Å². The van der Waals surface area contributed by atoms with Gasteiger partial charge in [-0.05, 0) is 35.9 Å². The van der Waals surface area contributed by atoms with Gasteiger partial charge in [-0.25, -0.2) is 0 Å². The van der Waals surface area contributed by atoms with Crippen LogP contribution < -0.4 is 4.74 Å². The van der Waals surface area contributed by atoms with Crippen LogP contribution in [0.15, 0.2) is 59.1 Å². The summed E-state index contributed by atoms with van der Waals surface area (Å²) in [6.45, 7) is 0. The molecule has 0 aromatic heterocycles. The van der Waals surface area contributed by atoms with E-state index in [0.29, 0.717) is 11.1 Å². The SMILES string of the molecule is O=C(/C=C/c1cccc(OC(F)(F)C(F)F)c1)c1cccc(Br)c1. The standard InChI is InChI=1S/C17H11BrF4O2/c18-13-5-2-4-12(10-13)15(23)8-7-11-3-1-6-14(9-11)24-17(21,22)16(19)20/h1-10,16H/b8-7+. The fourth-order valence-electron chi connectivity index (χ4n) is 1.79. The molecule has 0 fully saturated rings. The smallest absolute Gasteiger partial charge is 0.428 e. The van der Waals surface area contributed by atoms with Crippen LogP contribution in [0.1, 0.15) is 15.9 Å². The second-order valence-electron chi connectivity index (χ2n) is 4.74. The number of ketones is 1. The number of halogens is 5. The molecule has 2 nitrogen and oxygen atoms in total. The Balaban J connectivity index is 2.13. The molecular weight excluding hydrogens is 392 g/mol. The molecule has 0 saturated carbocycles. The molecule has 2 aromatic carbocycles. The lowest BCUT2D eigenvalue weighted by Gasteiger charge is -2.16. The van der Waals surface area contributed by atoms with Crippen molar-refractivity contribution in [2.24, 2.45) is 0 Å². The van der Waals surface area contributed by atoms with Crippen molar-refractivity contribution in [1.82, 2.24) is 0 Å². The molecular formula is C17H11BrF4O2. The highest BCUT2D eigenvalue weighted by Gasteiger charge is 2.43. The fourth-order valence-corrected chi connectivity index (χ4v) is 2.19. The molecule has 0 aliphatic rings. The molecule has 0 N–H and O–H groups in total. The fraction of sp³-hybridized carbons (Fsp3) is 0.118. The van der Waals surface area contributed by atoms with Crippen molar-refractivity contribution < 1.29 is 27.1 Å². The molecule has 0 saturated heterocycles. The molecule has 2 aromatic rings. The van der Waals surface area contributed by atoms with Crippen LogP contribution in [0.2, 0.25) is 0 Å². The average Bonchev–Trinajstić information content (AvgIpc) is 2.52. The van der Waals surface area contributed by atoms with Crippen LogP contribution in [0.4, 0.5) is 17.6 Å². The Morgan fingerprint density at radius 3 is 2.50 bits per heavy atom. The molecule has 7 heteroatoms. The number of benzene rings is 2. The third-order valence-electron chi connectivity index (χ3n) is 2.90. The van der Waals surface area contributed by atoms with E-state index in [2.05, 4.69) is 20.7 Å². The number of alkyl halides is 4. The van der Waals surface area contributed by atoms with Gasteiger partial charge in [0.25, 0.3) is 0 Å². The second kappa shape index (κ2) is 7.61. The first kappa shape index (κ1) is 18.2. The minimum absolute atomic E-state index is 0.291. The van der Waals surface area contributed by atoms with E-state index in [0.717, 1.165) is 16.6 Å². The van der Waals surface area contributed by atoms with E-state index >= 15 is 0 Å². The molecule has 0 bridgehead atoms. The summed E-state index contributed by atoms with van der Waals surface area (Å²) in [5.41, 5.74) is 0.804. The lowest BCUT2D eigenvalue weighted by Crippen LogP contribution is -2.33. The summed E-state index contributed by atoms with van der Waals surface area (Å²) in [6.07, 6.45) is -5.87. The van der Waals surface area contributed by atoms with Gasteiger partial charge < -0.3 is 4.74 Å². The molecule has 0 atom stereocenters. The Kier molecular flexibility index (Phi) is 5.77. The van der Waals surface area contributed by atoms with Crippen LogP contribution in [0.3, 0.4) is 0 Å². The number of hydrogen-bond donors (Lipinski definition) is 0. The molecule has 0 unspecified atom stereocenters. The van der Waals surface area contributed by atoms with E-state index in [1.54, 1.807) is 24.3 Å². The van der Waals surface area contributed by atoms with Crippen molar-refractivity contribution >= 4 is 27.8 Å². The van der Waals surface area contributed by atoms with Gasteiger partial charge in [0.05, 0.1) is 0 Å². The molecule has 0 heterocycles. The van der Waals surface area contributed by atoms with Crippen molar-refractivity contribution in [3.8, 4) is 5.75 Å². The summed E-state index contributed by atoms with van der Waals surface area (Å²) in [7, 11) is 0. The zero-order valence-electron chi connectivity index (χ0n) is 12.1. The minimum Gasteiger partial charge on any atom is -0.428 e. The van der Waals surface area contributed by atoms with Crippen molar-refractivity contribution in [3.63, 3.8) is 0 Å². The van der Waals surface area contributed by atoms with Gasteiger partial charge in [0.2, 0.25) is 0 Å². The second-order valence-corrected chi connectivity index (χ2v) is 5.66. The third kappa shape index (κ3) is 4.92. The maximum Gasteiger partial charge on any atom is 0.461 e. The summed E-state index contributed by atoms with van der Waals surface area (Å²) < 4.78 is 54.8. The van der Waals surface area contributed by atoms with Crippen LogP contribution >= 0.6 is 15.9 Å². The first-order chi connectivity index (χ1) is 11.3. The van der Waals surface area contributed by atoms with E-state index in [1.165, 1.54) is 24.3 Å². The molecule has 0 aliphatic carbocycles. The lowest BCUT2D eigenvalue weighted by molar-refractivity contribution is -0.253. The van der Waals surface area contributed by atoms with Crippen LogP contribution in [-0.4, -0.2) is 18.3 Å². The van der Waals surface area contributed by atoms with Crippen LogP contribution in [0.25, 0.3) is 6.08 Å². The number of ether oxygens (including phenoxy) is 1. The summed E-state index contributed by atoms with van der Waals surface area (Å²) in [5.74, 6) is -0.710. The summed E-state index contributed by atoms with van der Waals surface area (Å²) in [6, 6.07) is 11.9. The Hall–Kier alpha value is -2.15. The zero-order valence-corrected chi connectivity index (χ0v) is 13.6. The Bertz CT molecular complexity index is 760. The summed E-state index contributed by atoms with van der Waals surface area (Å²) in [5, 5.41) is 0. The quantitative estimate of drug-likeness (QED) is 0.358. The molecule has 0 spiro atoms. The van der Waals surface area contributed by atoms with Crippen molar-refractivity contribution in [2.75, 3.05) is 0 Å². The predicted molar refractivity (Wildman–Crippen MR) is 85.5 cm³/mol. The van der Waals surface area contributed by atoms with Crippen LogP contribution in [0, 0.1) is 0 Å². The van der Waals surface area contributed by atoms with Gasteiger partial charge in [-0.1, -0.05) is 46.3 Å². The van der Waals surface area contributed by atoms with E-state index in [9.17, 15) is 22.4 Å². The maximum absolute atomic E-state index is 12.9. The Labute approximate surface area is 143 Å². The van der Waals surface area contributed by atoms with E-state index in [4.69, 9.17) is 0 Å². The molecule has 0 radical (unpaired) electrons. The number of carbonyl (C=O) groups is 1. The van der Waals surface area contributed by atoms with Crippen molar-refractivity contribution in [3.05, 3.63) is 70.2 Å². The maximum atomic E-state index is 12.9.